The number of carbonyl (C=O) groups is 3. The Morgan fingerprint density at radius 2 is 1.86 bits per heavy atom. The van der Waals surface area contributed by atoms with Gasteiger partial charge in [-0.25, -0.2) is 4.79 Å². The summed E-state index contributed by atoms with van der Waals surface area (Å²) in [6.45, 7) is 1.91. The van der Waals surface area contributed by atoms with Gasteiger partial charge >= 0.3 is 12.0 Å². The minimum absolute atomic E-state index is 0.0508. The molecule has 7 nitrogen and oxygen atoms in total. The maximum Gasteiger partial charge on any atom is 0.315 e. The second-order valence-electron chi connectivity index (χ2n) is 5.78. The second kappa shape index (κ2) is 7.28. The van der Waals surface area contributed by atoms with Gasteiger partial charge in [0, 0.05) is 32.1 Å². The van der Waals surface area contributed by atoms with Crippen LogP contribution in [0.15, 0.2) is 0 Å². The molecule has 2 rings (SSSR count). The van der Waals surface area contributed by atoms with E-state index in [0.717, 1.165) is 38.8 Å². The molecule has 0 spiro atoms. The Bertz CT molecular complexity index is 403. The van der Waals surface area contributed by atoms with Crippen molar-refractivity contribution in [3.05, 3.63) is 0 Å². The molecule has 1 unspecified atom stereocenters. The van der Waals surface area contributed by atoms with Crippen LogP contribution in [0.3, 0.4) is 0 Å². The number of carboxylic acid groups (broad SMARTS) is 1. The molecule has 1 aliphatic heterocycles. The summed E-state index contributed by atoms with van der Waals surface area (Å²) in [5.41, 5.74) is 0. The van der Waals surface area contributed by atoms with Crippen molar-refractivity contribution >= 4 is 17.9 Å². The zero-order chi connectivity index (χ0) is 15.2. The molecule has 3 amide bonds. The third kappa shape index (κ3) is 5.24. The molecular weight excluding hydrogens is 274 g/mol. The lowest BCUT2D eigenvalue weighted by atomic mass is 10.1. The van der Waals surface area contributed by atoms with Crippen LogP contribution in [-0.2, 0) is 9.59 Å². The van der Waals surface area contributed by atoms with Crippen molar-refractivity contribution in [2.75, 3.05) is 19.6 Å². The van der Waals surface area contributed by atoms with Gasteiger partial charge in [-0.05, 0) is 31.6 Å². The number of hydrogen-bond donors (Lipinski definition) is 3. The van der Waals surface area contributed by atoms with Crippen molar-refractivity contribution in [3.8, 4) is 0 Å². The predicted molar refractivity (Wildman–Crippen MR) is 75.7 cm³/mol. The third-order valence-corrected chi connectivity index (χ3v) is 3.99. The van der Waals surface area contributed by atoms with Crippen LogP contribution in [-0.4, -0.2) is 53.6 Å². The Kier molecular flexibility index (Phi) is 5.41. The molecule has 1 saturated heterocycles. The molecule has 1 heterocycles. The fourth-order valence-corrected chi connectivity index (χ4v) is 2.65. The number of aliphatic carboxylic acids is 1. The maximum atomic E-state index is 11.8. The van der Waals surface area contributed by atoms with Gasteiger partial charge in [0.1, 0.15) is 0 Å². The normalized spacial score (nSPS) is 19.1. The molecule has 0 radical (unpaired) electrons. The van der Waals surface area contributed by atoms with E-state index in [1.54, 1.807) is 0 Å². The molecule has 1 saturated carbocycles. The Morgan fingerprint density at radius 1 is 1.19 bits per heavy atom. The van der Waals surface area contributed by atoms with E-state index in [1.807, 2.05) is 4.90 Å². The van der Waals surface area contributed by atoms with Gasteiger partial charge in [-0.15, -0.1) is 0 Å². The Hall–Kier alpha value is -1.79. The molecule has 21 heavy (non-hydrogen) atoms. The van der Waals surface area contributed by atoms with Crippen molar-refractivity contribution < 1.29 is 19.5 Å². The van der Waals surface area contributed by atoms with Crippen molar-refractivity contribution in [1.82, 2.24) is 15.5 Å². The SMILES string of the molecule is O=C(O)CC(NC(=O)NCCC(=O)N1CCCC1)C1CC1. The zero-order valence-corrected chi connectivity index (χ0v) is 12.1. The number of nitrogens with one attached hydrogen (secondary N) is 2. The second-order valence-corrected chi connectivity index (χ2v) is 5.78. The fourth-order valence-electron chi connectivity index (χ4n) is 2.65. The predicted octanol–water partition coefficient (Wildman–Crippen LogP) is 0.551. The molecule has 118 valence electrons. The van der Waals surface area contributed by atoms with Crippen LogP contribution >= 0.6 is 0 Å². The fraction of sp³-hybridized carbons (Fsp3) is 0.786. The summed E-state index contributed by atoms with van der Waals surface area (Å²) in [4.78, 5) is 36.1. The Morgan fingerprint density at radius 3 is 2.43 bits per heavy atom. The van der Waals surface area contributed by atoms with Crippen LogP contribution in [0.1, 0.15) is 38.5 Å². The molecular formula is C14H23N3O4. The summed E-state index contributed by atoms with van der Waals surface area (Å²) in [7, 11) is 0. The summed E-state index contributed by atoms with van der Waals surface area (Å²) < 4.78 is 0. The highest BCUT2D eigenvalue weighted by molar-refractivity contribution is 5.79. The van der Waals surface area contributed by atoms with Gasteiger partial charge in [0.15, 0.2) is 0 Å². The summed E-state index contributed by atoms with van der Waals surface area (Å²) in [6.07, 6.45) is 4.28. The molecule has 1 atom stereocenters. The van der Waals surface area contributed by atoms with Crippen molar-refractivity contribution in [2.45, 2.75) is 44.6 Å². The first-order valence-electron chi connectivity index (χ1n) is 7.60. The number of nitrogens with zero attached hydrogens (tertiary/aromatic N) is 1. The lowest BCUT2D eigenvalue weighted by Gasteiger charge is -2.18. The quantitative estimate of drug-likeness (QED) is 0.639. The molecule has 2 fully saturated rings. The van der Waals surface area contributed by atoms with Gasteiger partial charge in [-0.1, -0.05) is 0 Å². The topological polar surface area (TPSA) is 98.7 Å². The van der Waals surface area contributed by atoms with E-state index in [1.165, 1.54) is 0 Å². The van der Waals surface area contributed by atoms with Gasteiger partial charge in [-0.2, -0.15) is 0 Å². The van der Waals surface area contributed by atoms with Gasteiger partial charge in [0.25, 0.3) is 0 Å². The Labute approximate surface area is 124 Å². The average molecular weight is 297 g/mol. The molecule has 2 aliphatic rings. The molecule has 1 aliphatic carbocycles. The number of urea groups is 1. The van der Waals surface area contributed by atoms with E-state index in [4.69, 9.17) is 5.11 Å². The van der Waals surface area contributed by atoms with Crippen LogP contribution in [0.2, 0.25) is 0 Å². The van der Waals surface area contributed by atoms with E-state index in [9.17, 15) is 14.4 Å². The lowest BCUT2D eigenvalue weighted by Crippen LogP contribution is -2.45. The van der Waals surface area contributed by atoms with E-state index in [-0.39, 0.29) is 36.9 Å². The monoisotopic (exact) mass is 297 g/mol. The van der Waals surface area contributed by atoms with E-state index >= 15 is 0 Å². The minimum Gasteiger partial charge on any atom is -0.481 e. The zero-order valence-electron chi connectivity index (χ0n) is 12.1. The molecule has 0 aromatic carbocycles. The van der Waals surface area contributed by atoms with Crippen molar-refractivity contribution in [1.29, 1.82) is 0 Å². The number of amides is 3. The number of hydrogen-bond acceptors (Lipinski definition) is 3. The first-order chi connectivity index (χ1) is 10.1. The van der Waals surface area contributed by atoms with Crippen LogP contribution in [0.25, 0.3) is 0 Å². The molecule has 3 N–H and O–H groups in total. The Balaban J connectivity index is 1.64. The third-order valence-electron chi connectivity index (χ3n) is 3.99. The van der Waals surface area contributed by atoms with Crippen molar-refractivity contribution in [2.24, 2.45) is 5.92 Å². The highest BCUT2D eigenvalue weighted by Gasteiger charge is 2.33. The van der Waals surface area contributed by atoms with Gasteiger partial charge in [0.2, 0.25) is 5.91 Å². The smallest absolute Gasteiger partial charge is 0.315 e. The molecule has 0 aromatic rings. The molecule has 7 heteroatoms. The standard InChI is InChI=1S/C14H23N3O4/c18-12(17-7-1-2-8-17)5-6-15-14(21)16-11(9-13(19)20)10-3-4-10/h10-11H,1-9H2,(H,19,20)(H2,15,16,21). The first-order valence-corrected chi connectivity index (χ1v) is 7.60. The largest absolute Gasteiger partial charge is 0.481 e. The highest BCUT2D eigenvalue weighted by atomic mass is 16.4. The summed E-state index contributed by atoms with van der Waals surface area (Å²) in [5.74, 6) is -0.563. The molecule has 0 aromatic heterocycles. The highest BCUT2D eigenvalue weighted by Crippen LogP contribution is 2.33. The summed E-state index contributed by atoms with van der Waals surface area (Å²) in [6, 6.07) is -0.695. The van der Waals surface area contributed by atoms with E-state index in [0.29, 0.717) is 6.42 Å². The first kappa shape index (κ1) is 15.6. The van der Waals surface area contributed by atoms with Crippen LogP contribution in [0.5, 0.6) is 0 Å². The van der Waals surface area contributed by atoms with Crippen LogP contribution in [0, 0.1) is 5.92 Å². The van der Waals surface area contributed by atoms with Crippen LogP contribution < -0.4 is 10.6 Å². The van der Waals surface area contributed by atoms with E-state index in [2.05, 4.69) is 10.6 Å². The maximum absolute atomic E-state index is 11.8. The minimum atomic E-state index is -0.906. The van der Waals surface area contributed by atoms with Gasteiger partial charge in [0.05, 0.1) is 6.42 Å². The summed E-state index contributed by atoms with van der Waals surface area (Å²) in [5, 5.41) is 14.2. The number of rotatable bonds is 7. The average Bonchev–Trinajstić information content (AvgIpc) is 3.12. The molecule has 0 bridgehead atoms. The lowest BCUT2D eigenvalue weighted by molar-refractivity contribution is -0.137. The van der Waals surface area contributed by atoms with Crippen molar-refractivity contribution in [3.63, 3.8) is 0 Å². The van der Waals surface area contributed by atoms with Gasteiger partial charge in [-0.3, -0.25) is 9.59 Å². The number of likely N-dealkylation sites (tertiary alicyclic amines) is 1. The van der Waals surface area contributed by atoms with E-state index < -0.39 is 5.97 Å². The summed E-state index contributed by atoms with van der Waals surface area (Å²) >= 11 is 0. The number of carbonyl (C=O) groups excluding carboxylic acids is 2. The van der Waals surface area contributed by atoms with Gasteiger partial charge < -0.3 is 20.6 Å². The van der Waals surface area contributed by atoms with Crippen LogP contribution in [0.4, 0.5) is 4.79 Å². The number of carboxylic acids is 1.